The summed E-state index contributed by atoms with van der Waals surface area (Å²) < 4.78 is 43.7. The predicted molar refractivity (Wildman–Crippen MR) is 173 cm³/mol. The van der Waals surface area contributed by atoms with Gasteiger partial charge >= 0.3 is 11.9 Å². The fourth-order valence-electron chi connectivity index (χ4n) is 6.58. The van der Waals surface area contributed by atoms with Crippen molar-refractivity contribution in [1.29, 1.82) is 0 Å². The molecule has 19 heteroatoms. The van der Waals surface area contributed by atoms with Crippen molar-refractivity contribution in [2.24, 2.45) is 23.7 Å². The van der Waals surface area contributed by atoms with Gasteiger partial charge in [0.25, 0.3) is 0 Å². The highest BCUT2D eigenvalue weighted by molar-refractivity contribution is 5.92. The Morgan fingerprint density at radius 1 is 0.698 bits per heavy atom. The Labute approximate surface area is 303 Å². The standard InChI is InChI=1S/C34H46O19/c1-5-15-17(18(29(44)46-3)12-48-31(15)52-33-27(42)25(40)23(38)20(10-36)50-33)8-7-14(9-35)22-16(6-2)32(49-13-19(22)30(45)47-4)53-34-28(43)26(41)24(39)21(11-37)51-34/h5-7,9,12-13,15-17,20-28,31-34,36-43H,1-2,8,10-11H2,3-4H3/b14-7+/t15-,16+,17+,20-,21-,22-,23-,24-,25+,26+,27-,28-,31-,32-,33+,34+/m1/s1. The number of aliphatic hydroxyl groups is 8. The summed E-state index contributed by atoms with van der Waals surface area (Å²) in [5.74, 6) is -5.82. The molecule has 0 amide bonds. The monoisotopic (exact) mass is 758 g/mol. The van der Waals surface area contributed by atoms with Crippen LogP contribution in [0, 0.1) is 23.7 Å². The molecule has 4 heterocycles. The molecule has 0 bridgehead atoms. The summed E-state index contributed by atoms with van der Waals surface area (Å²) in [6, 6.07) is 0. The summed E-state index contributed by atoms with van der Waals surface area (Å²) in [6.07, 6.45) is -12.7. The van der Waals surface area contributed by atoms with Gasteiger partial charge < -0.3 is 78.7 Å². The third kappa shape index (κ3) is 8.72. The first-order chi connectivity index (χ1) is 25.3. The molecule has 0 aromatic rings. The molecule has 19 nitrogen and oxygen atoms in total. The van der Waals surface area contributed by atoms with Gasteiger partial charge in [-0.05, 0) is 12.0 Å². The van der Waals surface area contributed by atoms with Gasteiger partial charge in [0.15, 0.2) is 12.6 Å². The lowest BCUT2D eigenvalue weighted by Crippen LogP contribution is -2.60. The van der Waals surface area contributed by atoms with Crippen LogP contribution in [0.1, 0.15) is 6.42 Å². The Bertz CT molecular complexity index is 1410. The van der Waals surface area contributed by atoms with Crippen molar-refractivity contribution in [1.82, 2.24) is 0 Å². The maximum Gasteiger partial charge on any atom is 0.337 e. The van der Waals surface area contributed by atoms with E-state index in [2.05, 4.69) is 13.2 Å². The first kappa shape index (κ1) is 42.2. The number of ether oxygens (including phenoxy) is 8. The smallest absolute Gasteiger partial charge is 0.337 e. The highest BCUT2D eigenvalue weighted by atomic mass is 16.8. The van der Waals surface area contributed by atoms with E-state index < -0.39 is 123 Å². The van der Waals surface area contributed by atoms with Crippen LogP contribution in [0.25, 0.3) is 0 Å². The van der Waals surface area contributed by atoms with Gasteiger partial charge in [-0.25, -0.2) is 9.59 Å². The van der Waals surface area contributed by atoms with E-state index in [0.29, 0.717) is 6.29 Å². The SMILES string of the molecule is C=C[C@@H]1[C@@H](O[C@@H]2O[C@H](CO)[C@@H](O)[C@H](O)[C@H]2O)OC=C(C(=O)OC)[C@@H]1/C(C=O)=C/C[C@@H]1C(C(=O)OC)=CO[C@H](O[C@@H]2O[C@H](CO)[C@@H](O)[C@H](O)[C@H]2O)[C@@H]1C=C. The molecule has 4 aliphatic rings. The zero-order valence-electron chi connectivity index (χ0n) is 28.8. The molecular formula is C34H46O19. The topological polar surface area (TPSA) is 287 Å². The minimum atomic E-state index is -1.81. The van der Waals surface area contributed by atoms with Gasteiger partial charge in [0.2, 0.25) is 12.6 Å². The van der Waals surface area contributed by atoms with E-state index in [1.54, 1.807) is 0 Å². The van der Waals surface area contributed by atoms with E-state index in [1.165, 1.54) is 18.2 Å². The predicted octanol–water partition coefficient (Wildman–Crippen LogP) is -3.20. The molecule has 4 aliphatic heterocycles. The normalized spacial score (nSPS) is 40.4. The van der Waals surface area contributed by atoms with Crippen LogP contribution in [0.2, 0.25) is 0 Å². The van der Waals surface area contributed by atoms with Crippen molar-refractivity contribution in [3.63, 3.8) is 0 Å². The number of esters is 2. The summed E-state index contributed by atoms with van der Waals surface area (Å²) >= 11 is 0. The Kier molecular flexibility index (Phi) is 14.8. The Morgan fingerprint density at radius 2 is 1.15 bits per heavy atom. The summed E-state index contributed by atoms with van der Waals surface area (Å²) in [7, 11) is 2.23. The molecule has 0 saturated carbocycles. The van der Waals surface area contributed by atoms with E-state index >= 15 is 0 Å². The molecular weight excluding hydrogens is 712 g/mol. The molecule has 8 N–H and O–H groups in total. The number of carbonyl (C=O) groups excluding carboxylic acids is 3. The highest BCUT2D eigenvalue weighted by Gasteiger charge is 2.50. The van der Waals surface area contributed by atoms with Crippen LogP contribution in [0.4, 0.5) is 0 Å². The molecule has 0 unspecified atom stereocenters. The van der Waals surface area contributed by atoms with Crippen LogP contribution in [0.5, 0.6) is 0 Å². The molecule has 0 aliphatic carbocycles. The highest BCUT2D eigenvalue weighted by Crippen LogP contribution is 2.41. The van der Waals surface area contributed by atoms with Gasteiger partial charge in [-0.1, -0.05) is 18.2 Å². The molecule has 4 rings (SSSR count). The van der Waals surface area contributed by atoms with Gasteiger partial charge in [-0.15, -0.1) is 13.2 Å². The molecule has 53 heavy (non-hydrogen) atoms. The Balaban J connectivity index is 1.66. The van der Waals surface area contributed by atoms with E-state index in [9.17, 15) is 55.2 Å². The summed E-state index contributed by atoms with van der Waals surface area (Å²) in [6.45, 7) is 6.16. The molecule has 0 aromatic heterocycles. The summed E-state index contributed by atoms with van der Waals surface area (Å²) in [5, 5.41) is 81.1. The van der Waals surface area contributed by atoms with Crippen molar-refractivity contribution in [2.75, 3.05) is 27.4 Å². The molecule has 296 valence electrons. The maximum absolute atomic E-state index is 13.0. The number of aliphatic hydroxyl groups excluding tert-OH is 8. The number of allylic oxidation sites excluding steroid dienone is 2. The van der Waals surface area contributed by atoms with Gasteiger partial charge in [-0.3, -0.25) is 4.79 Å². The average Bonchev–Trinajstić information content (AvgIpc) is 3.17. The van der Waals surface area contributed by atoms with E-state index in [-0.39, 0.29) is 23.1 Å². The lowest BCUT2D eigenvalue weighted by Gasteiger charge is -2.43. The van der Waals surface area contributed by atoms with Crippen molar-refractivity contribution in [3.8, 4) is 0 Å². The average molecular weight is 759 g/mol. The van der Waals surface area contributed by atoms with Crippen LogP contribution in [0.15, 0.2) is 60.6 Å². The largest absolute Gasteiger partial charge is 0.471 e. The van der Waals surface area contributed by atoms with Gasteiger partial charge in [0, 0.05) is 17.8 Å². The second kappa shape index (κ2) is 18.7. The van der Waals surface area contributed by atoms with Crippen LogP contribution in [-0.2, 0) is 52.3 Å². The van der Waals surface area contributed by atoms with Crippen molar-refractivity contribution in [2.45, 2.75) is 80.4 Å². The van der Waals surface area contributed by atoms with Crippen LogP contribution in [-0.4, -0.2) is 161 Å². The van der Waals surface area contributed by atoms with Gasteiger partial charge in [-0.2, -0.15) is 0 Å². The third-order valence-electron chi connectivity index (χ3n) is 9.59. The first-order valence-electron chi connectivity index (χ1n) is 16.5. The molecule has 2 saturated heterocycles. The zero-order valence-corrected chi connectivity index (χ0v) is 28.8. The summed E-state index contributed by atoms with van der Waals surface area (Å²) in [5.41, 5.74) is -0.223. The van der Waals surface area contributed by atoms with Crippen molar-refractivity contribution in [3.05, 3.63) is 60.6 Å². The van der Waals surface area contributed by atoms with Crippen LogP contribution in [0.3, 0.4) is 0 Å². The Hall–Kier alpha value is -3.57. The molecule has 0 radical (unpaired) electrons. The number of rotatable bonds is 14. The maximum atomic E-state index is 13.0. The third-order valence-corrected chi connectivity index (χ3v) is 9.59. The number of methoxy groups -OCH3 is 2. The number of hydrogen-bond donors (Lipinski definition) is 8. The molecule has 2 fully saturated rings. The fraction of sp³-hybridized carbons (Fsp3) is 0.618. The lowest BCUT2D eigenvalue weighted by molar-refractivity contribution is -0.339. The first-order valence-corrected chi connectivity index (χ1v) is 16.5. The fourth-order valence-corrected chi connectivity index (χ4v) is 6.58. The number of aldehydes is 1. The Morgan fingerprint density at radius 3 is 1.58 bits per heavy atom. The van der Waals surface area contributed by atoms with Crippen molar-refractivity contribution >= 4 is 18.2 Å². The van der Waals surface area contributed by atoms with E-state index in [4.69, 9.17) is 37.9 Å². The van der Waals surface area contributed by atoms with E-state index in [0.717, 1.165) is 26.7 Å². The van der Waals surface area contributed by atoms with Crippen LogP contribution >= 0.6 is 0 Å². The second-order valence-corrected chi connectivity index (χ2v) is 12.6. The van der Waals surface area contributed by atoms with Gasteiger partial charge in [0.05, 0.1) is 57.0 Å². The van der Waals surface area contributed by atoms with Gasteiger partial charge in [0.1, 0.15) is 55.1 Å². The second-order valence-electron chi connectivity index (χ2n) is 12.6. The molecule has 0 aromatic carbocycles. The number of hydrogen-bond acceptors (Lipinski definition) is 19. The summed E-state index contributed by atoms with van der Waals surface area (Å²) in [4.78, 5) is 38.7. The van der Waals surface area contributed by atoms with E-state index in [1.807, 2.05) is 0 Å². The minimum absolute atomic E-state index is 0.0210. The zero-order chi connectivity index (χ0) is 39.1. The minimum Gasteiger partial charge on any atom is -0.471 e. The molecule has 0 spiro atoms. The molecule has 16 atom stereocenters. The number of carbonyl (C=O) groups is 3. The van der Waals surface area contributed by atoms with Crippen molar-refractivity contribution < 1.29 is 93.1 Å². The van der Waals surface area contributed by atoms with Crippen LogP contribution < -0.4 is 0 Å². The quantitative estimate of drug-likeness (QED) is 0.0375. The lowest BCUT2D eigenvalue weighted by atomic mass is 9.76.